The lowest BCUT2D eigenvalue weighted by atomic mass is 10.1. The predicted octanol–water partition coefficient (Wildman–Crippen LogP) is 4.70. The molecular formula is C23H29IN4O2S. The summed E-state index contributed by atoms with van der Waals surface area (Å²) in [5.74, 6) is 2.33. The van der Waals surface area contributed by atoms with E-state index in [2.05, 4.69) is 38.8 Å². The molecule has 0 bridgehead atoms. The zero-order valence-electron chi connectivity index (χ0n) is 18.3. The first-order valence-corrected chi connectivity index (χ1v) is 10.6. The van der Waals surface area contributed by atoms with E-state index in [0.29, 0.717) is 6.54 Å². The molecule has 1 aromatic heterocycles. The molecule has 0 unspecified atom stereocenters. The standard InChI is InChI=1S/C23H28N4O2S.HI/c1-24-23(25-15-19-16-30-22(26-19)18-8-6-5-7-9-18)27(2)13-12-17-10-11-20(28-3)21(14-17)29-4;/h5-11,14,16H,12-13,15H2,1-4H3,(H,24,25);1H. The van der Waals surface area contributed by atoms with Crippen LogP contribution in [0.2, 0.25) is 0 Å². The Hall–Kier alpha value is -2.33. The molecule has 0 radical (unpaired) electrons. The van der Waals surface area contributed by atoms with Gasteiger partial charge >= 0.3 is 0 Å². The Morgan fingerprint density at radius 2 is 1.84 bits per heavy atom. The van der Waals surface area contributed by atoms with Gasteiger partial charge in [0, 0.05) is 31.6 Å². The number of likely N-dealkylation sites (N-methyl/N-ethyl adjacent to an activating group) is 1. The molecule has 0 fully saturated rings. The van der Waals surface area contributed by atoms with E-state index in [1.54, 1.807) is 32.6 Å². The minimum atomic E-state index is 0. The molecule has 0 saturated heterocycles. The van der Waals surface area contributed by atoms with E-state index >= 15 is 0 Å². The third kappa shape index (κ3) is 6.83. The van der Waals surface area contributed by atoms with Gasteiger partial charge in [-0.15, -0.1) is 35.3 Å². The second kappa shape index (κ2) is 12.5. The molecule has 1 N–H and O–H groups in total. The van der Waals surface area contributed by atoms with Gasteiger partial charge in [0.1, 0.15) is 5.01 Å². The lowest BCUT2D eigenvalue weighted by molar-refractivity contribution is 0.354. The molecule has 0 spiro atoms. The van der Waals surface area contributed by atoms with Crippen LogP contribution in [0.25, 0.3) is 10.6 Å². The molecule has 0 saturated carbocycles. The molecule has 0 aliphatic carbocycles. The lowest BCUT2D eigenvalue weighted by Crippen LogP contribution is -2.39. The van der Waals surface area contributed by atoms with Gasteiger partial charge in [-0.25, -0.2) is 4.98 Å². The fraction of sp³-hybridized carbons (Fsp3) is 0.304. The van der Waals surface area contributed by atoms with Crippen molar-refractivity contribution in [2.75, 3.05) is 34.9 Å². The number of aromatic nitrogens is 1. The average Bonchev–Trinajstić information content (AvgIpc) is 3.27. The molecule has 1 heterocycles. The monoisotopic (exact) mass is 552 g/mol. The molecule has 3 aromatic rings. The van der Waals surface area contributed by atoms with E-state index in [1.807, 2.05) is 37.4 Å². The Balaban J connectivity index is 0.00000341. The molecule has 3 rings (SSSR count). The highest BCUT2D eigenvalue weighted by atomic mass is 127. The topological polar surface area (TPSA) is 59.0 Å². The van der Waals surface area contributed by atoms with Crippen LogP contribution in [0.4, 0.5) is 0 Å². The number of nitrogens with one attached hydrogen (secondary N) is 1. The van der Waals surface area contributed by atoms with Gasteiger partial charge in [-0.2, -0.15) is 0 Å². The first kappa shape index (κ1) is 24.9. The van der Waals surface area contributed by atoms with Gasteiger partial charge in [0.15, 0.2) is 17.5 Å². The van der Waals surface area contributed by atoms with Crippen molar-refractivity contribution in [1.29, 1.82) is 0 Å². The maximum Gasteiger partial charge on any atom is 0.193 e. The highest BCUT2D eigenvalue weighted by molar-refractivity contribution is 14.0. The van der Waals surface area contributed by atoms with Gasteiger partial charge < -0.3 is 19.7 Å². The number of aliphatic imine (C=N–C) groups is 1. The summed E-state index contributed by atoms with van der Waals surface area (Å²) < 4.78 is 10.7. The van der Waals surface area contributed by atoms with Crippen molar-refractivity contribution < 1.29 is 9.47 Å². The van der Waals surface area contributed by atoms with Crippen LogP contribution in [-0.4, -0.2) is 50.7 Å². The number of ether oxygens (including phenoxy) is 2. The zero-order chi connectivity index (χ0) is 21.3. The lowest BCUT2D eigenvalue weighted by Gasteiger charge is -2.22. The summed E-state index contributed by atoms with van der Waals surface area (Å²) in [6, 6.07) is 16.3. The number of methoxy groups -OCH3 is 2. The summed E-state index contributed by atoms with van der Waals surface area (Å²) in [6.07, 6.45) is 0.867. The summed E-state index contributed by atoms with van der Waals surface area (Å²) in [7, 11) is 7.13. The highest BCUT2D eigenvalue weighted by Gasteiger charge is 2.10. The molecule has 2 aromatic carbocycles. The Kier molecular flexibility index (Phi) is 10.1. The van der Waals surface area contributed by atoms with Crippen molar-refractivity contribution in [2.24, 2.45) is 4.99 Å². The van der Waals surface area contributed by atoms with Crippen LogP contribution >= 0.6 is 35.3 Å². The smallest absolute Gasteiger partial charge is 0.193 e. The molecule has 0 aliphatic heterocycles. The largest absolute Gasteiger partial charge is 0.493 e. The van der Waals surface area contributed by atoms with Crippen molar-refractivity contribution in [3.8, 4) is 22.1 Å². The fourth-order valence-corrected chi connectivity index (χ4v) is 3.92. The molecule has 0 atom stereocenters. The predicted molar refractivity (Wildman–Crippen MR) is 139 cm³/mol. The van der Waals surface area contributed by atoms with Crippen LogP contribution in [0, 0.1) is 0 Å². The summed E-state index contributed by atoms with van der Waals surface area (Å²) in [5.41, 5.74) is 3.33. The van der Waals surface area contributed by atoms with Gasteiger partial charge in [0.25, 0.3) is 0 Å². The third-order valence-electron chi connectivity index (χ3n) is 4.76. The maximum atomic E-state index is 5.39. The number of guanidine groups is 1. The van der Waals surface area contributed by atoms with Gasteiger partial charge in [0.05, 0.1) is 26.5 Å². The Morgan fingerprint density at radius 3 is 2.52 bits per heavy atom. The second-order valence-corrected chi connectivity index (χ2v) is 7.63. The van der Waals surface area contributed by atoms with Crippen LogP contribution in [0.15, 0.2) is 58.9 Å². The van der Waals surface area contributed by atoms with Crippen LogP contribution < -0.4 is 14.8 Å². The average molecular weight is 552 g/mol. The Morgan fingerprint density at radius 1 is 1.10 bits per heavy atom. The fourth-order valence-electron chi connectivity index (χ4n) is 3.09. The molecule has 8 heteroatoms. The zero-order valence-corrected chi connectivity index (χ0v) is 21.4. The highest BCUT2D eigenvalue weighted by Crippen LogP contribution is 2.27. The van der Waals surface area contributed by atoms with Crippen LogP contribution in [0.1, 0.15) is 11.3 Å². The van der Waals surface area contributed by atoms with E-state index < -0.39 is 0 Å². The first-order chi connectivity index (χ1) is 14.6. The Labute approximate surface area is 205 Å². The molecule has 31 heavy (non-hydrogen) atoms. The number of benzene rings is 2. The van der Waals surface area contributed by atoms with Gasteiger partial charge in [-0.3, -0.25) is 4.99 Å². The summed E-state index contributed by atoms with van der Waals surface area (Å²) >= 11 is 1.66. The van der Waals surface area contributed by atoms with Crippen LogP contribution in [0.5, 0.6) is 11.5 Å². The van der Waals surface area contributed by atoms with Gasteiger partial charge in [0.2, 0.25) is 0 Å². The number of halogens is 1. The van der Waals surface area contributed by atoms with E-state index in [-0.39, 0.29) is 24.0 Å². The van der Waals surface area contributed by atoms with E-state index in [1.165, 1.54) is 5.56 Å². The summed E-state index contributed by atoms with van der Waals surface area (Å²) in [4.78, 5) is 11.2. The SMILES string of the molecule is CN=C(NCc1csc(-c2ccccc2)n1)N(C)CCc1ccc(OC)c(OC)c1.I. The molecular weight excluding hydrogens is 523 g/mol. The number of thiazole rings is 1. The van der Waals surface area contributed by atoms with Crippen molar-refractivity contribution in [3.05, 3.63) is 65.2 Å². The summed E-state index contributed by atoms with van der Waals surface area (Å²) in [6.45, 7) is 1.46. The van der Waals surface area contributed by atoms with Gasteiger partial charge in [-0.05, 0) is 24.1 Å². The van der Waals surface area contributed by atoms with E-state index in [4.69, 9.17) is 14.5 Å². The molecule has 166 valence electrons. The van der Waals surface area contributed by atoms with Crippen molar-refractivity contribution in [2.45, 2.75) is 13.0 Å². The number of nitrogens with zero attached hydrogens (tertiary/aromatic N) is 3. The minimum Gasteiger partial charge on any atom is -0.493 e. The Bertz CT molecular complexity index is 979. The number of hydrogen-bond acceptors (Lipinski definition) is 5. The van der Waals surface area contributed by atoms with E-state index in [0.717, 1.165) is 46.7 Å². The minimum absolute atomic E-state index is 0. The van der Waals surface area contributed by atoms with Crippen molar-refractivity contribution >= 4 is 41.3 Å². The quantitative estimate of drug-likeness (QED) is 0.250. The molecule has 0 amide bonds. The molecule has 6 nitrogen and oxygen atoms in total. The first-order valence-electron chi connectivity index (χ1n) is 9.77. The number of rotatable bonds is 8. The van der Waals surface area contributed by atoms with E-state index in [9.17, 15) is 0 Å². The second-order valence-electron chi connectivity index (χ2n) is 6.77. The number of hydrogen-bond donors (Lipinski definition) is 1. The normalized spacial score (nSPS) is 10.9. The van der Waals surface area contributed by atoms with Gasteiger partial charge in [-0.1, -0.05) is 36.4 Å². The van der Waals surface area contributed by atoms with Crippen LogP contribution in [0.3, 0.4) is 0 Å². The molecule has 0 aliphatic rings. The van der Waals surface area contributed by atoms with Crippen molar-refractivity contribution in [3.63, 3.8) is 0 Å². The van der Waals surface area contributed by atoms with Crippen LogP contribution in [-0.2, 0) is 13.0 Å². The van der Waals surface area contributed by atoms with Crippen molar-refractivity contribution in [1.82, 2.24) is 15.2 Å². The maximum absolute atomic E-state index is 5.39. The third-order valence-corrected chi connectivity index (χ3v) is 5.70. The summed E-state index contributed by atoms with van der Waals surface area (Å²) in [5, 5.41) is 6.52.